The summed E-state index contributed by atoms with van der Waals surface area (Å²) in [5.41, 5.74) is 1.87. The molecule has 2 N–H and O–H groups in total. The minimum absolute atomic E-state index is 0.142. The van der Waals surface area contributed by atoms with Crippen LogP contribution in [0.25, 0.3) is 0 Å². The molecule has 30 heavy (non-hydrogen) atoms. The number of anilines is 3. The van der Waals surface area contributed by atoms with Crippen molar-refractivity contribution >= 4 is 28.3 Å². The van der Waals surface area contributed by atoms with Crippen molar-refractivity contribution in [1.82, 2.24) is 24.6 Å². The number of ether oxygens (including phenoxy) is 1. The Morgan fingerprint density at radius 2 is 2.27 bits per heavy atom. The van der Waals surface area contributed by atoms with Gasteiger partial charge in [0.2, 0.25) is 5.95 Å². The zero-order chi connectivity index (χ0) is 20.7. The third-order valence-corrected chi connectivity index (χ3v) is 7.06. The number of aryl methyl sites for hydroxylation is 2. The molecule has 2 aromatic rings. The molecular formula is C20H26N8OS. The average molecular weight is 427 g/mol. The van der Waals surface area contributed by atoms with E-state index in [0.29, 0.717) is 18.4 Å². The van der Waals surface area contributed by atoms with Crippen LogP contribution in [-0.4, -0.2) is 76.3 Å². The molecule has 3 aliphatic heterocycles. The fourth-order valence-electron chi connectivity index (χ4n) is 4.71. The predicted molar refractivity (Wildman–Crippen MR) is 115 cm³/mol. The SMILES string of the molecule is Cc1cc(Nc2ncc(C)c(N3CC(CC#N)(N4CC5NCCOC5C4)C3)n2)sn1. The number of nitrogens with zero attached hydrogens (tertiary/aromatic N) is 6. The molecule has 3 aliphatic rings. The highest BCUT2D eigenvalue weighted by molar-refractivity contribution is 7.10. The van der Waals surface area contributed by atoms with Gasteiger partial charge in [0.15, 0.2) is 0 Å². The molecule has 5 rings (SSSR count). The van der Waals surface area contributed by atoms with Gasteiger partial charge in [0.05, 0.1) is 36.4 Å². The normalized spacial score (nSPS) is 25.4. The van der Waals surface area contributed by atoms with Crippen molar-refractivity contribution in [2.45, 2.75) is 38.0 Å². The van der Waals surface area contributed by atoms with Gasteiger partial charge in [-0.3, -0.25) is 4.90 Å². The molecule has 2 unspecified atom stereocenters. The molecule has 3 saturated heterocycles. The molecule has 3 fully saturated rings. The quantitative estimate of drug-likeness (QED) is 0.735. The smallest absolute Gasteiger partial charge is 0.229 e. The standard InChI is InChI=1S/C20H26N8OS/c1-13-8-23-19(24-17-7-14(2)26-30-17)25-18(13)27-11-20(12-27,3-4-21)28-9-15-16(10-28)29-6-5-22-15/h7-8,15-16,22H,3,5-6,9-12H2,1-2H3,(H,23,24,25). The molecule has 0 bridgehead atoms. The van der Waals surface area contributed by atoms with Crippen LogP contribution in [0.2, 0.25) is 0 Å². The maximum absolute atomic E-state index is 9.52. The molecule has 2 atom stereocenters. The topological polar surface area (TPSA) is 102 Å². The lowest BCUT2D eigenvalue weighted by Crippen LogP contribution is -2.70. The summed E-state index contributed by atoms with van der Waals surface area (Å²) in [6.07, 6.45) is 2.59. The first-order valence-corrected chi connectivity index (χ1v) is 11.1. The number of nitrogens with one attached hydrogen (secondary N) is 2. The number of likely N-dealkylation sites (tertiary alicyclic amines) is 1. The Kier molecular flexibility index (Phi) is 5.06. The number of rotatable bonds is 5. The second-order valence-corrected chi connectivity index (χ2v) is 9.25. The van der Waals surface area contributed by atoms with Gasteiger partial charge in [0.25, 0.3) is 0 Å². The highest BCUT2D eigenvalue weighted by atomic mass is 32.1. The molecule has 158 valence electrons. The molecule has 0 aromatic carbocycles. The molecular weight excluding hydrogens is 400 g/mol. The second-order valence-electron chi connectivity index (χ2n) is 8.45. The van der Waals surface area contributed by atoms with Gasteiger partial charge < -0.3 is 20.3 Å². The molecule has 0 aliphatic carbocycles. The minimum Gasteiger partial charge on any atom is -0.374 e. The molecule has 0 saturated carbocycles. The number of morpholine rings is 1. The Morgan fingerprint density at radius 1 is 1.40 bits per heavy atom. The van der Waals surface area contributed by atoms with Gasteiger partial charge in [-0.15, -0.1) is 0 Å². The Labute approximate surface area is 180 Å². The molecule has 9 nitrogen and oxygen atoms in total. The zero-order valence-electron chi connectivity index (χ0n) is 17.3. The van der Waals surface area contributed by atoms with Crippen LogP contribution in [0.15, 0.2) is 12.3 Å². The van der Waals surface area contributed by atoms with Crippen LogP contribution in [0.4, 0.5) is 16.8 Å². The monoisotopic (exact) mass is 426 g/mol. The lowest BCUT2D eigenvalue weighted by atomic mass is 9.84. The molecule has 2 aromatic heterocycles. The van der Waals surface area contributed by atoms with Crippen molar-refractivity contribution in [3.8, 4) is 6.07 Å². The summed E-state index contributed by atoms with van der Waals surface area (Å²) in [5, 5.41) is 17.3. The van der Waals surface area contributed by atoms with Gasteiger partial charge in [-0.1, -0.05) is 0 Å². The summed E-state index contributed by atoms with van der Waals surface area (Å²) in [6.45, 7) is 9.06. The fraction of sp³-hybridized carbons (Fsp3) is 0.600. The van der Waals surface area contributed by atoms with E-state index < -0.39 is 0 Å². The fourth-order valence-corrected chi connectivity index (χ4v) is 5.37. The van der Waals surface area contributed by atoms with E-state index in [1.165, 1.54) is 11.5 Å². The van der Waals surface area contributed by atoms with E-state index in [2.05, 4.69) is 35.9 Å². The lowest BCUT2D eigenvalue weighted by Gasteiger charge is -2.54. The number of hydrogen-bond donors (Lipinski definition) is 2. The van der Waals surface area contributed by atoms with Crippen LogP contribution >= 0.6 is 11.5 Å². The Balaban J connectivity index is 1.31. The lowest BCUT2D eigenvalue weighted by molar-refractivity contribution is 0.00918. The first-order valence-electron chi connectivity index (χ1n) is 10.3. The molecule has 0 amide bonds. The van der Waals surface area contributed by atoms with Gasteiger partial charge in [-0.25, -0.2) is 4.98 Å². The van der Waals surface area contributed by atoms with Gasteiger partial charge in [0, 0.05) is 50.5 Å². The van der Waals surface area contributed by atoms with Crippen molar-refractivity contribution in [3.63, 3.8) is 0 Å². The van der Waals surface area contributed by atoms with Crippen molar-refractivity contribution in [2.75, 3.05) is 49.5 Å². The van der Waals surface area contributed by atoms with Crippen LogP contribution in [0, 0.1) is 25.2 Å². The summed E-state index contributed by atoms with van der Waals surface area (Å²) in [5.74, 6) is 1.50. The number of hydrogen-bond acceptors (Lipinski definition) is 10. The molecule has 5 heterocycles. The van der Waals surface area contributed by atoms with E-state index >= 15 is 0 Å². The van der Waals surface area contributed by atoms with Crippen molar-refractivity contribution in [3.05, 3.63) is 23.5 Å². The Bertz CT molecular complexity index is 952. The first kappa shape index (κ1) is 19.6. The van der Waals surface area contributed by atoms with Crippen LogP contribution in [0.1, 0.15) is 17.7 Å². The maximum Gasteiger partial charge on any atom is 0.229 e. The first-order chi connectivity index (χ1) is 14.6. The number of fused-ring (bicyclic) bond motifs is 1. The van der Waals surface area contributed by atoms with E-state index in [0.717, 1.165) is 61.4 Å². The summed E-state index contributed by atoms with van der Waals surface area (Å²) in [7, 11) is 0. The summed E-state index contributed by atoms with van der Waals surface area (Å²) < 4.78 is 10.2. The van der Waals surface area contributed by atoms with Gasteiger partial charge >= 0.3 is 0 Å². The Hall–Kier alpha value is -2.32. The summed E-state index contributed by atoms with van der Waals surface area (Å²) in [4.78, 5) is 13.9. The van der Waals surface area contributed by atoms with E-state index in [4.69, 9.17) is 9.72 Å². The number of nitriles is 1. The van der Waals surface area contributed by atoms with Crippen LogP contribution in [0.3, 0.4) is 0 Å². The molecule has 0 spiro atoms. The molecule has 0 radical (unpaired) electrons. The van der Waals surface area contributed by atoms with Crippen molar-refractivity contribution in [1.29, 1.82) is 5.26 Å². The van der Waals surface area contributed by atoms with Crippen LogP contribution < -0.4 is 15.5 Å². The largest absolute Gasteiger partial charge is 0.374 e. The Morgan fingerprint density at radius 3 is 3.00 bits per heavy atom. The highest BCUT2D eigenvalue weighted by Crippen LogP contribution is 2.38. The minimum atomic E-state index is -0.142. The van der Waals surface area contributed by atoms with Gasteiger partial charge in [-0.2, -0.15) is 14.6 Å². The van der Waals surface area contributed by atoms with Gasteiger partial charge in [-0.05, 0) is 31.4 Å². The van der Waals surface area contributed by atoms with E-state index in [1.54, 1.807) is 0 Å². The number of aromatic nitrogens is 3. The highest BCUT2D eigenvalue weighted by Gasteiger charge is 2.52. The maximum atomic E-state index is 9.52. The summed E-state index contributed by atoms with van der Waals surface area (Å²) >= 11 is 1.40. The molecule has 10 heteroatoms. The van der Waals surface area contributed by atoms with Crippen LogP contribution in [-0.2, 0) is 4.74 Å². The zero-order valence-corrected chi connectivity index (χ0v) is 18.1. The second kappa shape index (κ2) is 7.74. The summed E-state index contributed by atoms with van der Waals surface area (Å²) in [6, 6.07) is 4.77. The third-order valence-electron chi connectivity index (χ3n) is 6.26. The van der Waals surface area contributed by atoms with Crippen molar-refractivity contribution in [2.24, 2.45) is 0 Å². The predicted octanol–water partition coefficient (Wildman–Crippen LogP) is 1.44. The average Bonchev–Trinajstić information content (AvgIpc) is 3.32. The van der Waals surface area contributed by atoms with Crippen molar-refractivity contribution < 1.29 is 4.74 Å². The third kappa shape index (κ3) is 3.52. The van der Waals surface area contributed by atoms with E-state index in [-0.39, 0.29) is 11.6 Å². The van der Waals surface area contributed by atoms with E-state index in [9.17, 15) is 5.26 Å². The van der Waals surface area contributed by atoms with Gasteiger partial charge in [0.1, 0.15) is 10.8 Å². The van der Waals surface area contributed by atoms with Crippen LogP contribution in [0.5, 0.6) is 0 Å². The van der Waals surface area contributed by atoms with E-state index in [1.807, 2.05) is 26.1 Å².